The molecule has 0 atom stereocenters. The number of benzene rings is 2. The number of hydrogen-bond acceptors (Lipinski definition) is 3. The Balaban J connectivity index is 1.41. The fraction of sp³-hybridized carbons (Fsp3) is 0.429. The predicted molar refractivity (Wildman–Crippen MR) is 96.0 cm³/mol. The molecule has 2 fully saturated rings. The Labute approximate surface area is 144 Å². The highest BCUT2D eigenvalue weighted by molar-refractivity contribution is 5.44. The molecule has 3 heteroatoms. The zero-order chi connectivity index (χ0) is 16.5. The van der Waals surface area contributed by atoms with Gasteiger partial charge in [-0.2, -0.15) is 0 Å². The van der Waals surface area contributed by atoms with Gasteiger partial charge in [0.25, 0.3) is 0 Å². The number of likely N-dealkylation sites (tertiary alicyclic amines) is 1. The Hall–Kier alpha value is -2.00. The van der Waals surface area contributed by atoms with Crippen molar-refractivity contribution in [3.63, 3.8) is 0 Å². The second-order valence-electron chi connectivity index (χ2n) is 7.13. The summed E-state index contributed by atoms with van der Waals surface area (Å²) in [6.07, 6.45) is 2.69. The first-order valence-electron chi connectivity index (χ1n) is 8.81. The van der Waals surface area contributed by atoms with E-state index < -0.39 is 0 Å². The van der Waals surface area contributed by atoms with E-state index in [1.807, 2.05) is 6.07 Å². The normalized spacial score (nSPS) is 18.2. The zero-order valence-electron chi connectivity index (χ0n) is 14.5. The maximum Gasteiger partial charge on any atom is 0.161 e. The lowest BCUT2D eigenvalue weighted by atomic mass is 9.92. The Morgan fingerprint density at radius 2 is 1.62 bits per heavy atom. The van der Waals surface area contributed by atoms with Crippen molar-refractivity contribution in [2.75, 3.05) is 27.2 Å². The van der Waals surface area contributed by atoms with E-state index in [1.165, 1.54) is 29.5 Å². The fourth-order valence-corrected chi connectivity index (χ4v) is 3.43. The molecule has 0 N–H and O–H groups in total. The molecule has 126 valence electrons. The number of methoxy groups -OCH3 is 1. The molecule has 0 amide bonds. The third-order valence-corrected chi connectivity index (χ3v) is 5.15. The van der Waals surface area contributed by atoms with Crippen molar-refractivity contribution in [2.24, 2.45) is 0 Å². The van der Waals surface area contributed by atoms with Gasteiger partial charge in [0.2, 0.25) is 0 Å². The van der Waals surface area contributed by atoms with Crippen LogP contribution in [0.3, 0.4) is 0 Å². The summed E-state index contributed by atoms with van der Waals surface area (Å²) in [5.74, 6) is 3.07. The third-order valence-electron chi connectivity index (χ3n) is 5.15. The first-order valence-corrected chi connectivity index (χ1v) is 8.81. The first kappa shape index (κ1) is 15.5. The van der Waals surface area contributed by atoms with Crippen molar-refractivity contribution < 1.29 is 9.47 Å². The minimum atomic E-state index is 0.576. The van der Waals surface area contributed by atoms with Crippen LogP contribution in [0.15, 0.2) is 42.5 Å². The van der Waals surface area contributed by atoms with Crippen LogP contribution >= 0.6 is 0 Å². The van der Waals surface area contributed by atoms with Crippen molar-refractivity contribution in [3.05, 3.63) is 59.2 Å². The minimum absolute atomic E-state index is 0.576. The van der Waals surface area contributed by atoms with Crippen LogP contribution < -0.4 is 9.47 Å². The van der Waals surface area contributed by atoms with Gasteiger partial charge < -0.3 is 14.4 Å². The highest BCUT2D eigenvalue weighted by atomic mass is 16.5. The van der Waals surface area contributed by atoms with Crippen LogP contribution in [0.2, 0.25) is 0 Å². The number of hydrogen-bond donors (Lipinski definition) is 0. The van der Waals surface area contributed by atoms with Crippen molar-refractivity contribution in [3.8, 4) is 11.5 Å². The largest absolute Gasteiger partial charge is 0.493 e. The summed E-state index contributed by atoms with van der Waals surface area (Å²) in [4.78, 5) is 2.33. The topological polar surface area (TPSA) is 21.7 Å². The number of rotatable bonds is 6. The van der Waals surface area contributed by atoms with Gasteiger partial charge in [0, 0.05) is 19.0 Å². The highest BCUT2D eigenvalue weighted by Gasteiger charge is 2.25. The third kappa shape index (κ3) is 3.27. The lowest BCUT2D eigenvalue weighted by Crippen LogP contribution is -2.41. The molecule has 0 unspecified atom stereocenters. The molecule has 24 heavy (non-hydrogen) atoms. The molecular weight excluding hydrogens is 298 g/mol. The summed E-state index contributed by atoms with van der Waals surface area (Å²) < 4.78 is 11.5. The van der Waals surface area contributed by atoms with Crippen molar-refractivity contribution in [2.45, 2.75) is 31.3 Å². The van der Waals surface area contributed by atoms with Crippen LogP contribution in [0, 0.1) is 0 Å². The van der Waals surface area contributed by atoms with Crippen molar-refractivity contribution >= 4 is 0 Å². The Bertz CT molecular complexity index is 700. The van der Waals surface area contributed by atoms with Gasteiger partial charge in [-0.05, 0) is 54.6 Å². The van der Waals surface area contributed by atoms with Gasteiger partial charge >= 0.3 is 0 Å². The second kappa shape index (κ2) is 6.48. The van der Waals surface area contributed by atoms with E-state index in [4.69, 9.17) is 9.47 Å². The SMILES string of the molecule is COc1cc(C2CN(C)C2)ccc1OCc1ccc(C2CC2)cc1. The molecule has 0 bridgehead atoms. The summed E-state index contributed by atoms with van der Waals surface area (Å²) in [7, 11) is 3.86. The highest BCUT2D eigenvalue weighted by Crippen LogP contribution is 2.40. The molecule has 0 aromatic heterocycles. The van der Waals surface area contributed by atoms with Crippen LogP contribution in [0.4, 0.5) is 0 Å². The molecule has 1 aliphatic carbocycles. The summed E-state index contributed by atoms with van der Waals surface area (Å²) in [6, 6.07) is 15.2. The molecule has 0 radical (unpaired) electrons. The number of nitrogens with zero attached hydrogens (tertiary/aromatic N) is 1. The van der Waals surface area contributed by atoms with E-state index in [0.29, 0.717) is 12.5 Å². The molecule has 1 aliphatic heterocycles. The summed E-state index contributed by atoms with van der Waals surface area (Å²) in [5, 5.41) is 0. The van der Waals surface area contributed by atoms with E-state index >= 15 is 0 Å². The van der Waals surface area contributed by atoms with E-state index in [0.717, 1.165) is 30.5 Å². The fourth-order valence-electron chi connectivity index (χ4n) is 3.43. The Morgan fingerprint density at radius 1 is 0.917 bits per heavy atom. The van der Waals surface area contributed by atoms with Gasteiger partial charge in [-0.1, -0.05) is 30.3 Å². The lowest BCUT2D eigenvalue weighted by Gasteiger charge is -2.36. The zero-order valence-corrected chi connectivity index (χ0v) is 14.5. The van der Waals surface area contributed by atoms with Crippen LogP contribution in [0.25, 0.3) is 0 Å². The molecule has 1 saturated carbocycles. The molecule has 1 heterocycles. The summed E-state index contributed by atoms with van der Waals surface area (Å²) >= 11 is 0. The first-order chi connectivity index (χ1) is 11.7. The van der Waals surface area contributed by atoms with Crippen molar-refractivity contribution in [1.29, 1.82) is 0 Å². The Morgan fingerprint density at radius 3 is 2.25 bits per heavy atom. The molecule has 2 aliphatic rings. The van der Waals surface area contributed by atoms with Gasteiger partial charge in [0.1, 0.15) is 6.61 Å². The smallest absolute Gasteiger partial charge is 0.161 e. The maximum atomic E-state index is 6.00. The standard InChI is InChI=1S/C21H25NO2/c1-22-12-19(13-22)18-9-10-20(21(11-18)23-2)24-14-15-3-5-16(6-4-15)17-7-8-17/h3-6,9-11,17,19H,7-8,12-14H2,1-2H3. The van der Waals surface area contributed by atoms with Crippen LogP contribution in [0.5, 0.6) is 11.5 Å². The average Bonchev–Trinajstić information content (AvgIpc) is 3.42. The predicted octanol–water partition coefficient (Wildman–Crippen LogP) is 4.18. The van der Waals surface area contributed by atoms with Crippen LogP contribution in [-0.4, -0.2) is 32.1 Å². The monoisotopic (exact) mass is 323 g/mol. The molecule has 2 aromatic rings. The summed E-state index contributed by atoms with van der Waals surface area (Å²) in [5.41, 5.74) is 4.00. The second-order valence-corrected chi connectivity index (χ2v) is 7.13. The van der Waals surface area contributed by atoms with Gasteiger partial charge in [-0.3, -0.25) is 0 Å². The summed E-state index contributed by atoms with van der Waals surface area (Å²) in [6.45, 7) is 2.82. The van der Waals surface area contributed by atoms with Gasteiger partial charge in [-0.25, -0.2) is 0 Å². The van der Waals surface area contributed by atoms with E-state index in [-0.39, 0.29) is 0 Å². The molecular formula is C21H25NO2. The van der Waals surface area contributed by atoms with Crippen LogP contribution in [0.1, 0.15) is 41.4 Å². The van der Waals surface area contributed by atoms with E-state index in [1.54, 1.807) is 7.11 Å². The molecule has 1 saturated heterocycles. The molecule has 4 rings (SSSR count). The molecule has 3 nitrogen and oxygen atoms in total. The average molecular weight is 323 g/mol. The van der Waals surface area contributed by atoms with Gasteiger partial charge in [-0.15, -0.1) is 0 Å². The van der Waals surface area contributed by atoms with Crippen molar-refractivity contribution in [1.82, 2.24) is 4.90 Å². The number of likely N-dealkylation sites (N-methyl/N-ethyl adjacent to an activating group) is 1. The quantitative estimate of drug-likeness (QED) is 0.796. The number of ether oxygens (including phenoxy) is 2. The molecule has 0 spiro atoms. The van der Waals surface area contributed by atoms with E-state index in [2.05, 4.69) is 48.3 Å². The maximum absolute atomic E-state index is 6.00. The van der Waals surface area contributed by atoms with Crippen LogP contribution in [-0.2, 0) is 6.61 Å². The lowest BCUT2D eigenvalue weighted by molar-refractivity contribution is 0.189. The molecule has 2 aromatic carbocycles. The minimum Gasteiger partial charge on any atom is -0.493 e. The van der Waals surface area contributed by atoms with Gasteiger partial charge in [0.15, 0.2) is 11.5 Å². The Kier molecular flexibility index (Phi) is 4.19. The van der Waals surface area contributed by atoms with E-state index in [9.17, 15) is 0 Å². The van der Waals surface area contributed by atoms with Gasteiger partial charge in [0.05, 0.1) is 7.11 Å².